The van der Waals surface area contributed by atoms with Crippen molar-refractivity contribution in [3.63, 3.8) is 0 Å². The zero-order chi connectivity index (χ0) is 13.0. The number of halogens is 1. The van der Waals surface area contributed by atoms with E-state index in [-0.39, 0.29) is 0 Å². The molecule has 18 heavy (non-hydrogen) atoms. The summed E-state index contributed by atoms with van der Waals surface area (Å²) in [6.45, 7) is 0. The molecule has 0 aromatic heterocycles. The summed E-state index contributed by atoms with van der Waals surface area (Å²) in [5.41, 5.74) is 2.27. The summed E-state index contributed by atoms with van der Waals surface area (Å²) in [5.74, 6) is 0. The first-order valence-electron chi connectivity index (χ1n) is 5.23. The van der Waals surface area contributed by atoms with Crippen LogP contribution in [-0.4, -0.2) is 10.9 Å². The molecule has 0 aliphatic heterocycles. The first-order valence-corrected chi connectivity index (χ1v) is 5.61. The molecular weight excluding hydrogens is 248 g/mol. The minimum atomic E-state index is 0.356. The van der Waals surface area contributed by atoms with Crippen LogP contribution < -0.4 is 0 Å². The Morgan fingerprint density at radius 3 is 2.50 bits per heavy atom. The van der Waals surface area contributed by atoms with E-state index in [1.165, 1.54) is 6.08 Å². The zero-order valence-electron chi connectivity index (χ0n) is 9.34. The molecule has 0 amide bonds. The molecule has 0 radical (unpaired) electrons. The SMILES string of the molecule is N#C/C(=C1C=C/C(=N\O)C=C\1Cl)c1ccccc1. The van der Waals surface area contributed by atoms with Crippen molar-refractivity contribution < 1.29 is 5.21 Å². The third-order valence-corrected chi connectivity index (χ3v) is 2.82. The predicted octanol–water partition coefficient (Wildman–Crippen LogP) is 3.49. The molecule has 1 aromatic rings. The van der Waals surface area contributed by atoms with E-state index in [0.717, 1.165) is 5.56 Å². The van der Waals surface area contributed by atoms with E-state index in [1.54, 1.807) is 12.2 Å². The van der Waals surface area contributed by atoms with Gasteiger partial charge >= 0.3 is 0 Å². The molecule has 3 nitrogen and oxygen atoms in total. The van der Waals surface area contributed by atoms with E-state index in [9.17, 15) is 5.26 Å². The summed E-state index contributed by atoms with van der Waals surface area (Å²) in [7, 11) is 0. The molecule has 0 atom stereocenters. The predicted molar refractivity (Wildman–Crippen MR) is 71.3 cm³/mol. The maximum atomic E-state index is 9.27. The van der Waals surface area contributed by atoms with E-state index in [1.807, 2.05) is 30.3 Å². The van der Waals surface area contributed by atoms with Gasteiger partial charge in [0.25, 0.3) is 0 Å². The van der Waals surface area contributed by atoms with Crippen molar-refractivity contribution in [3.05, 3.63) is 64.7 Å². The summed E-state index contributed by atoms with van der Waals surface area (Å²) in [4.78, 5) is 0. The Kier molecular flexibility index (Phi) is 3.61. The molecule has 4 heteroatoms. The summed E-state index contributed by atoms with van der Waals surface area (Å²) < 4.78 is 0. The number of rotatable bonds is 1. The monoisotopic (exact) mass is 256 g/mol. The van der Waals surface area contributed by atoms with Gasteiger partial charge in [0.1, 0.15) is 11.8 Å². The second-order valence-electron chi connectivity index (χ2n) is 3.62. The first-order chi connectivity index (χ1) is 8.76. The van der Waals surface area contributed by atoms with E-state index < -0.39 is 0 Å². The molecule has 1 aliphatic rings. The van der Waals surface area contributed by atoms with Crippen LogP contribution in [0.25, 0.3) is 5.57 Å². The highest BCUT2D eigenvalue weighted by Crippen LogP contribution is 2.29. The molecule has 88 valence electrons. The lowest BCUT2D eigenvalue weighted by molar-refractivity contribution is 0.320. The second-order valence-corrected chi connectivity index (χ2v) is 4.02. The zero-order valence-corrected chi connectivity index (χ0v) is 10.1. The number of nitrogens with zero attached hydrogens (tertiary/aromatic N) is 2. The molecule has 0 unspecified atom stereocenters. The standard InChI is InChI=1S/C14H9ClN2O/c15-14-8-11(17-18)6-7-12(14)13(9-16)10-4-2-1-3-5-10/h1-8,18H/b13-12-,17-11+. The van der Waals surface area contributed by atoms with Crippen molar-refractivity contribution in [2.45, 2.75) is 0 Å². The van der Waals surface area contributed by atoms with Crippen LogP contribution >= 0.6 is 11.6 Å². The number of benzene rings is 1. The minimum absolute atomic E-state index is 0.356. The molecule has 0 saturated heterocycles. The summed E-state index contributed by atoms with van der Waals surface area (Å²) in [5, 5.41) is 21.4. The summed E-state index contributed by atoms with van der Waals surface area (Å²) in [6.07, 6.45) is 4.78. The minimum Gasteiger partial charge on any atom is -0.410 e. The van der Waals surface area contributed by atoms with Crippen molar-refractivity contribution in [1.29, 1.82) is 5.26 Å². The molecular formula is C14H9ClN2O. The topological polar surface area (TPSA) is 56.4 Å². The third-order valence-electron chi connectivity index (χ3n) is 2.51. The largest absolute Gasteiger partial charge is 0.410 e. The molecule has 2 rings (SSSR count). The maximum absolute atomic E-state index is 9.27. The summed E-state index contributed by atoms with van der Waals surface area (Å²) in [6, 6.07) is 11.4. The fourth-order valence-electron chi connectivity index (χ4n) is 1.65. The molecule has 1 N–H and O–H groups in total. The van der Waals surface area contributed by atoms with E-state index >= 15 is 0 Å². The van der Waals surface area contributed by atoms with Gasteiger partial charge in [-0.2, -0.15) is 5.26 Å². The number of hydrogen-bond acceptors (Lipinski definition) is 3. The molecule has 0 fully saturated rings. The van der Waals surface area contributed by atoms with Gasteiger partial charge in [-0.3, -0.25) is 0 Å². The Morgan fingerprint density at radius 1 is 1.22 bits per heavy atom. The Bertz CT molecular complexity index is 619. The van der Waals surface area contributed by atoms with Crippen molar-refractivity contribution >= 4 is 22.9 Å². The van der Waals surface area contributed by atoms with Gasteiger partial charge in [0, 0.05) is 5.57 Å². The smallest absolute Gasteiger partial charge is 0.104 e. The van der Waals surface area contributed by atoms with Gasteiger partial charge in [0.15, 0.2) is 0 Å². The highest BCUT2D eigenvalue weighted by Gasteiger charge is 2.13. The Balaban J connectivity index is 2.55. The van der Waals surface area contributed by atoms with Gasteiger partial charge in [-0.05, 0) is 23.8 Å². The number of hydrogen-bond donors (Lipinski definition) is 1. The fourth-order valence-corrected chi connectivity index (χ4v) is 1.92. The Hall–Kier alpha value is -2.31. The number of allylic oxidation sites excluding steroid dienone is 6. The second kappa shape index (κ2) is 5.35. The highest BCUT2D eigenvalue weighted by atomic mass is 35.5. The lowest BCUT2D eigenvalue weighted by Crippen LogP contribution is -1.99. The van der Waals surface area contributed by atoms with Crippen LogP contribution in [0.15, 0.2) is 64.3 Å². The van der Waals surface area contributed by atoms with Gasteiger partial charge in [-0.25, -0.2) is 0 Å². The number of oxime groups is 1. The van der Waals surface area contributed by atoms with Crippen molar-refractivity contribution in [2.75, 3.05) is 0 Å². The molecule has 1 aromatic carbocycles. The van der Waals surface area contributed by atoms with Crippen LogP contribution in [0.2, 0.25) is 0 Å². The quantitative estimate of drug-likeness (QED) is 0.475. The van der Waals surface area contributed by atoms with Crippen LogP contribution in [-0.2, 0) is 0 Å². The van der Waals surface area contributed by atoms with E-state index in [2.05, 4.69) is 11.2 Å². The number of nitriles is 1. The van der Waals surface area contributed by atoms with Crippen LogP contribution in [0.4, 0.5) is 0 Å². The van der Waals surface area contributed by atoms with Gasteiger partial charge in [-0.15, -0.1) is 0 Å². The third kappa shape index (κ3) is 2.34. The summed E-state index contributed by atoms with van der Waals surface area (Å²) >= 11 is 6.09. The lowest BCUT2D eigenvalue weighted by Gasteiger charge is -2.09. The Labute approximate surface area is 110 Å². The fraction of sp³-hybridized carbons (Fsp3) is 0. The van der Waals surface area contributed by atoms with Gasteiger partial charge < -0.3 is 5.21 Å². The molecule has 1 aliphatic carbocycles. The normalized spacial score (nSPS) is 19.3. The average Bonchev–Trinajstić information content (AvgIpc) is 2.42. The van der Waals surface area contributed by atoms with Gasteiger partial charge in [-0.1, -0.05) is 47.1 Å². The van der Waals surface area contributed by atoms with E-state index in [4.69, 9.17) is 16.8 Å². The van der Waals surface area contributed by atoms with Crippen LogP contribution in [0.1, 0.15) is 5.56 Å². The van der Waals surface area contributed by atoms with Crippen molar-refractivity contribution in [1.82, 2.24) is 0 Å². The maximum Gasteiger partial charge on any atom is 0.104 e. The Morgan fingerprint density at radius 2 is 1.94 bits per heavy atom. The first kappa shape index (κ1) is 12.2. The van der Waals surface area contributed by atoms with Crippen molar-refractivity contribution in [3.8, 4) is 6.07 Å². The van der Waals surface area contributed by atoms with Crippen LogP contribution in [0.3, 0.4) is 0 Å². The highest BCUT2D eigenvalue weighted by molar-refractivity contribution is 6.36. The lowest BCUT2D eigenvalue weighted by atomic mass is 9.97. The molecule has 0 bridgehead atoms. The van der Waals surface area contributed by atoms with Crippen molar-refractivity contribution in [2.24, 2.45) is 5.16 Å². The average molecular weight is 257 g/mol. The molecule has 0 saturated carbocycles. The van der Waals surface area contributed by atoms with Crippen LogP contribution in [0, 0.1) is 11.3 Å². The van der Waals surface area contributed by atoms with Gasteiger partial charge in [0.05, 0.1) is 10.6 Å². The van der Waals surface area contributed by atoms with Gasteiger partial charge in [0.2, 0.25) is 0 Å². The van der Waals surface area contributed by atoms with E-state index in [0.29, 0.717) is 21.9 Å². The molecule has 0 heterocycles. The molecule has 0 spiro atoms. The van der Waals surface area contributed by atoms with Crippen LogP contribution in [0.5, 0.6) is 0 Å².